The van der Waals surface area contributed by atoms with Crippen LogP contribution in [0.15, 0.2) is 0 Å². The summed E-state index contributed by atoms with van der Waals surface area (Å²) in [6, 6.07) is 0. The van der Waals surface area contributed by atoms with Gasteiger partial charge in [0.15, 0.2) is 0 Å². The zero-order valence-electron chi connectivity index (χ0n) is 12.6. The molecule has 1 unspecified atom stereocenters. The Morgan fingerprint density at radius 1 is 1.06 bits per heavy atom. The van der Waals surface area contributed by atoms with E-state index in [1.807, 2.05) is 0 Å². The summed E-state index contributed by atoms with van der Waals surface area (Å²) < 4.78 is 0. The summed E-state index contributed by atoms with van der Waals surface area (Å²) in [5.41, 5.74) is 5.12. The predicted molar refractivity (Wildman–Crippen MR) is 73.7 cm³/mol. The molecular weight excluding hydrogens is 212 g/mol. The largest absolute Gasteiger partial charge is 0.354 e. The van der Waals surface area contributed by atoms with Crippen LogP contribution in [0.25, 0.3) is 0 Å². The van der Waals surface area contributed by atoms with E-state index in [1.54, 1.807) is 0 Å². The van der Waals surface area contributed by atoms with Crippen molar-refractivity contribution in [1.82, 2.24) is 5.32 Å². The Kier molecular flexibility index (Phi) is 5.20. The quantitative estimate of drug-likeness (QED) is 0.796. The Labute approximate surface area is 107 Å². The third-order valence-corrected chi connectivity index (χ3v) is 3.47. The third-order valence-electron chi connectivity index (χ3n) is 3.47. The number of nitrogens with one attached hydrogen (secondary N) is 1. The Hall–Kier alpha value is -0.570. The standard InChI is InChI=1S/C14H30N2O/c1-12(2,3)10-14(7,13(4,5)6)11(17)16-9-8-15/h8-10,15H2,1-7H3,(H,16,17). The van der Waals surface area contributed by atoms with Gasteiger partial charge in [-0.1, -0.05) is 48.5 Å². The van der Waals surface area contributed by atoms with Gasteiger partial charge < -0.3 is 11.1 Å². The van der Waals surface area contributed by atoms with Crippen LogP contribution in [0.3, 0.4) is 0 Å². The third kappa shape index (κ3) is 4.66. The van der Waals surface area contributed by atoms with E-state index in [2.05, 4.69) is 53.8 Å². The Bertz CT molecular complexity index is 260. The van der Waals surface area contributed by atoms with Gasteiger partial charge in [0.05, 0.1) is 5.41 Å². The Morgan fingerprint density at radius 2 is 1.53 bits per heavy atom. The first kappa shape index (κ1) is 16.4. The molecule has 3 N–H and O–H groups in total. The average Bonchev–Trinajstić information content (AvgIpc) is 2.09. The van der Waals surface area contributed by atoms with Crippen LogP contribution in [-0.4, -0.2) is 19.0 Å². The van der Waals surface area contributed by atoms with Crippen molar-refractivity contribution in [3.8, 4) is 0 Å². The first-order valence-corrected chi connectivity index (χ1v) is 6.42. The van der Waals surface area contributed by atoms with E-state index in [9.17, 15) is 4.79 Å². The van der Waals surface area contributed by atoms with Crippen LogP contribution in [0.1, 0.15) is 54.9 Å². The number of hydrogen-bond donors (Lipinski definition) is 2. The van der Waals surface area contributed by atoms with Crippen molar-refractivity contribution in [2.45, 2.75) is 54.9 Å². The molecule has 0 saturated heterocycles. The van der Waals surface area contributed by atoms with Gasteiger partial charge in [0, 0.05) is 13.1 Å². The van der Waals surface area contributed by atoms with Gasteiger partial charge in [0.2, 0.25) is 5.91 Å². The van der Waals surface area contributed by atoms with E-state index >= 15 is 0 Å². The predicted octanol–water partition coefficient (Wildman–Crippen LogP) is 2.55. The van der Waals surface area contributed by atoms with E-state index in [4.69, 9.17) is 5.73 Å². The molecule has 3 nitrogen and oxygen atoms in total. The number of carbonyl (C=O) groups excluding carboxylic acids is 1. The summed E-state index contributed by atoms with van der Waals surface area (Å²) in [4.78, 5) is 12.4. The van der Waals surface area contributed by atoms with Crippen molar-refractivity contribution in [3.05, 3.63) is 0 Å². The van der Waals surface area contributed by atoms with Gasteiger partial charge in [-0.05, 0) is 17.3 Å². The second-order valence-corrected chi connectivity index (χ2v) is 7.36. The van der Waals surface area contributed by atoms with Crippen molar-refractivity contribution in [1.29, 1.82) is 0 Å². The molecule has 0 aromatic heterocycles. The maximum absolute atomic E-state index is 12.4. The maximum Gasteiger partial charge on any atom is 0.226 e. The highest BCUT2D eigenvalue weighted by atomic mass is 16.2. The number of hydrogen-bond acceptors (Lipinski definition) is 2. The molecule has 0 radical (unpaired) electrons. The SMILES string of the molecule is CC(C)(C)CC(C)(C(=O)NCCN)C(C)(C)C. The maximum atomic E-state index is 12.4. The van der Waals surface area contributed by atoms with E-state index in [0.29, 0.717) is 13.1 Å². The van der Waals surface area contributed by atoms with Crippen LogP contribution in [0.5, 0.6) is 0 Å². The molecule has 0 aromatic rings. The topological polar surface area (TPSA) is 55.1 Å². The zero-order chi connectivity index (χ0) is 13.9. The van der Waals surface area contributed by atoms with Gasteiger partial charge in [-0.25, -0.2) is 0 Å². The van der Waals surface area contributed by atoms with Gasteiger partial charge in [-0.2, -0.15) is 0 Å². The molecule has 17 heavy (non-hydrogen) atoms. The van der Waals surface area contributed by atoms with Crippen LogP contribution in [0, 0.1) is 16.2 Å². The molecule has 0 aromatic carbocycles. The second kappa shape index (κ2) is 5.38. The van der Waals surface area contributed by atoms with Crippen molar-refractivity contribution in [2.24, 2.45) is 22.0 Å². The minimum absolute atomic E-state index is 0.0705. The van der Waals surface area contributed by atoms with Crippen LogP contribution in [0.2, 0.25) is 0 Å². The first-order chi connectivity index (χ1) is 7.44. The molecular formula is C14H30N2O. The van der Waals surface area contributed by atoms with Gasteiger partial charge >= 0.3 is 0 Å². The Balaban J connectivity index is 5.05. The molecule has 0 aliphatic heterocycles. The summed E-state index contributed by atoms with van der Waals surface area (Å²) in [5, 5.41) is 2.94. The molecule has 0 aliphatic carbocycles. The molecule has 1 amide bonds. The van der Waals surface area contributed by atoms with Crippen LogP contribution >= 0.6 is 0 Å². The van der Waals surface area contributed by atoms with Crippen LogP contribution in [-0.2, 0) is 4.79 Å². The van der Waals surface area contributed by atoms with Crippen molar-refractivity contribution < 1.29 is 4.79 Å². The summed E-state index contributed by atoms with van der Waals surface area (Å²) in [6.07, 6.45) is 0.861. The fourth-order valence-corrected chi connectivity index (χ4v) is 2.13. The lowest BCUT2D eigenvalue weighted by molar-refractivity contribution is -0.138. The van der Waals surface area contributed by atoms with E-state index in [0.717, 1.165) is 6.42 Å². The highest BCUT2D eigenvalue weighted by Gasteiger charge is 2.46. The molecule has 3 heteroatoms. The monoisotopic (exact) mass is 242 g/mol. The smallest absolute Gasteiger partial charge is 0.226 e. The molecule has 0 bridgehead atoms. The lowest BCUT2D eigenvalue weighted by Crippen LogP contribution is -2.50. The fraction of sp³-hybridized carbons (Fsp3) is 0.929. The minimum Gasteiger partial charge on any atom is -0.354 e. The molecule has 0 spiro atoms. The molecule has 0 aliphatic rings. The molecule has 0 heterocycles. The molecule has 102 valence electrons. The second-order valence-electron chi connectivity index (χ2n) is 7.36. The fourth-order valence-electron chi connectivity index (χ4n) is 2.13. The highest BCUT2D eigenvalue weighted by molar-refractivity contribution is 5.83. The summed E-state index contributed by atoms with van der Waals surface area (Å²) >= 11 is 0. The summed E-state index contributed by atoms with van der Waals surface area (Å²) in [5.74, 6) is 0.116. The van der Waals surface area contributed by atoms with E-state index in [-0.39, 0.29) is 22.2 Å². The summed E-state index contributed by atoms with van der Waals surface area (Å²) in [7, 11) is 0. The Morgan fingerprint density at radius 3 is 1.82 bits per heavy atom. The zero-order valence-corrected chi connectivity index (χ0v) is 12.6. The summed E-state index contributed by atoms with van der Waals surface area (Å²) in [6.45, 7) is 16.0. The van der Waals surface area contributed by atoms with E-state index < -0.39 is 0 Å². The average molecular weight is 242 g/mol. The van der Waals surface area contributed by atoms with Gasteiger partial charge in [-0.15, -0.1) is 0 Å². The van der Waals surface area contributed by atoms with E-state index in [1.165, 1.54) is 0 Å². The molecule has 0 fully saturated rings. The van der Waals surface area contributed by atoms with Gasteiger partial charge in [-0.3, -0.25) is 4.79 Å². The van der Waals surface area contributed by atoms with Crippen LogP contribution < -0.4 is 11.1 Å². The molecule has 1 atom stereocenters. The van der Waals surface area contributed by atoms with Crippen molar-refractivity contribution in [3.63, 3.8) is 0 Å². The van der Waals surface area contributed by atoms with Crippen molar-refractivity contribution >= 4 is 5.91 Å². The highest BCUT2D eigenvalue weighted by Crippen LogP contribution is 2.46. The lowest BCUT2D eigenvalue weighted by atomic mass is 9.61. The minimum atomic E-state index is -0.375. The first-order valence-electron chi connectivity index (χ1n) is 6.42. The molecule has 0 rings (SSSR count). The number of rotatable bonds is 4. The number of amides is 1. The van der Waals surface area contributed by atoms with Crippen molar-refractivity contribution in [2.75, 3.05) is 13.1 Å². The number of carbonyl (C=O) groups is 1. The molecule has 0 saturated carbocycles. The lowest BCUT2D eigenvalue weighted by Gasteiger charge is -2.44. The van der Waals surface area contributed by atoms with Gasteiger partial charge in [0.1, 0.15) is 0 Å². The number of nitrogens with two attached hydrogens (primary N) is 1. The normalized spacial score (nSPS) is 16.5. The van der Waals surface area contributed by atoms with Crippen LogP contribution in [0.4, 0.5) is 0 Å². The van der Waals surface area contributed by atoms with Gasteiger partial charge in [0.25, 0.3) is 0 Å².